The van der Waals surface area contributed by atoms with Crippen molar-refractivity contribution in [3.8, 4) is 5.75 Å². The number of nitrogens with zero attached hydrogens (tertiary/aromatic N) is 1. The molecule has 100 valence electrons. The first-order chi connectivity index (χ1) is 8.65. The van der Waals surface area contributed by atoms with Gasteiger partial charge in [-0.25, -0.2) is 4.39 Å². The Kier molecular flexibility index (Phi) is 3.91. The monoisotopic (exact) mass is 254 g/mol. The van der Waals surface area contributed by atoms with Gasteiger partial charge in [-0.3, -0.25) is 0 Å². The fourth-order valence-electron chi connectivity index (χ4n) is 2.31. The van der Waals surface area contributed by atoms with Crippen molar-refractivity contribution in [3.63, 3.8) is 0 Å². The number of methoxy groups -OCH3 is 2. The van der Waals surface area contributed by atoms with Gasteiger partial charge < -0.3 is 20.1 Å². The predicted molar refractivity (Wildman–Crippen MR) is 69.6 cm³/mol. The molecule has 1 aliphatic rings. The lowest BCUT2D eigenvalue weighted by atomic mass is 10.1. The second kappa shape index (κ2) is 5.44. The van der Waals surface area contributed by atoms with Crippen molar-refractivity contribution < 1.29 is 13.9 Å². The minimum Gasteiger partial charge on any atom is -0.495 e. The lowest BCUT2D eigenvalue weighted by molar-refractivity contribution is 0.0818. The van der Waals surface area contributed by atoms with Gasteiger partial charge >= 0.3 is 0 Å². The molecule has 1 aromatic rings. The quantitative estimate of drug-likeness (QED) is 0.838. The van der Waals surface area contributed by atoms with Crippen LogP contribution in [0.3, 0.4) is 0 Å². The van der Waals surface area contributed by atoms with Gasteiger partial charge in [0.1, 0.15) is 11.6 Å². The van der Waals surface area contributed by atoms with Gasteiger partial charge in [-0.2, -0.15) is 0 Å². The van der Waals surface area contributed by atoms with Crippen LogP contribution in [0.2, 0.25) is 0 Å². The highest BCUT2D eigenvalue weighted by Gasteiger charge is 2.22. The molecule has 0 saturated carbocycles. The normalized spacial score (nSPS) is 16.9. The number of rotatable bonds is 3. The van der Waals surface area contributed by atoms with Gasteiger partial charge in [0, 0.05) is 32.3 Å². The first kappa shape index (κ1) is 13.0. The summed E-state index contributed by atoms with van der Waals surface area (Å²) >= 11 is 0. The molecule has 0 spiro atoms. The summed E-state index contributed by atoms with van der Waals surface area (Å²) in [7, 11) is 3.25. The number of hydrogen-bond donors (Lipinski definition) is 1. The van der Waals surface area contributed by atoms with E-state index >= 15 is 0 Å². The summed E-state index contributed by atoms with van der Waals surface area (Å²) in [6, 6.07) is 2.98. The van der Waals surface area contributed by atoms with Crippen molar-refractivity contribution in [3.05, 3.63) is 17.9 Å². The molecule has 0 aromatic heterocycles. The first-order valence-corrected chi connectivity index (χ1v) is 6.06. The molecule has 0 radical (unpaired) electrons. The van der Waals surface area contributed by atoms with Crippen LogP contribution >= 0.6 is 0 Å². The van der Waals surface area contributed by atoms with Gasteiger partial charge in [0.25, 0.3) is 0 Å². The molecular formula is C13H19FN2O2. The van der Waals surface area contributed by atoms with Gasteiger partial charge in [-0.15, -0.1) is 0 Å². The molecular weight excluding hydrogens is 235 g/mol. The maximum atomic E-state index is 13.9. The molecule has 0 bridgehead atoms. The summed E-state index contributed by atoms with van der Waals surface area (Å²) in [5.41, 5.74) is 6.55. The van der Waals surface area contributed by atoms with Crippen LogP contribution in [-0.4, -0.2) is 33.4 Å². The number of piperidine rings is 1. The smallest absolute Gasteiger partial charge is 0.148 e. The molecule has 2 N–H and O–H groups in total. The third-order valence-corrected chi connectivity index (χ3v) is 3.42. The molecule has 0 atom stereocenters. The molecule has 18 heavy (non-hydrogen) atoms. The minimum absolute atomic E-state index is 0.278. The molecule has 5 heteroatoms. The lowest BCUT2D eigenvalue weighted by Crippen LogP contribution is -2.37. The summed E-state index contributed by atoms with van der Waals surface area (Å²) in [6.45, 7) is 1.56. The first-order valence-electron chi connectivity index (χ1n) is 6.06. The van der Waals surface area contributed by atoms with Gasteiger partial charge in [-0.05, 0) is 12.8 Å². The Bertz CT molecular complexity index is 418. The van der Waals surface area contributed by atoms with Crippen LogP contribution in [0.25, 0.3) is 0 Å². The van der Waals surface area contributed by atoms with Gasteiger partial charge in [0.05, 0.1) is 24.6 Å². The molecule has 1 aliphatic heterocycles. The Labute approximate surface area is 106 Å². The average molecular weight is 254 g/mol. The summed E-state index contributed by atoms with van der Waals surface area (Å²) in [4.78, 5) is 2.01. The van der Waals surface area contributed by atoms with Crippen LogP contribution in [0, 0.1) is 5.82 Å². The average Bonchev–Trinajstić information content (AvgIpc) is 2.39. The zero-order valence-corrected chi connectivity index (χ0v) is 10.8. The second-order valence-electron chi connectivity index (χ2n) is 4.47. The number of nitrogen functional groups attached to an aromatic ring is 1. The highest BCUT2D eigenvalue weighted by molar-refractivity contribution is 5.63. The number of halogens is 1. The molecule has 2 rings (SSSR count). The maximum Gasteiger partial charge on any atom is 0.148 e. The zero-order valence-electron chi connectivity index (χ0n) is 10.8. The standard InChI is InChI=1S/C13H19FN2O2/c1-17-9-3-5-16(6-4-9)12-8-13(18-2)11(15)7-10(12)14/h7-9H,3-6,15H2,1-2H3. The van der Waals surface area contributed by atoms with Crippen molar-refractivity contribution in [2.24, 2.45) is 0 Å². The molecule has 0 unspecified atom stereocenters. The summed E-state index contributed by atoms with van der Waals surface area (Å²) in [6.07, 6.45) is 2.09. The van der Waals surface area contributed by atoms with Crippen LogP contribution in [0.5, 0.6) is 5.75 Å². The third-order valence-electron chi connectivity index (χ3n) is 3.42. The van der Waals surface area contributed by atoms with Gasteiger partial charge in [-0.1, -0.05) is 0 Å². The summed E-state index contributed by atoms with van der Waals surface area (Å²) in [5, 5.41) is 0. The Morgan fingerprint density at radius 1 is 1.28 bits per heavy atom. The second-order valence-corrected chi connectivity index (χ2v) is 4.47. The van der Waals surface area contributed by atoms with Crippen LogP contribution in [0.4, 0.5) is 15.8 Å². The SMILES string of the molecule is COc1cc(N2CCC(OC)CC2)c(F)cc1N. The largest absolute Gasteiger partial charge is 0.495 e. The molecule has 1 aromatic carbocycles. The van der Waals surface area contributed by atoms with E-state index in [4.69, 9.17) is 15.2 Å². The van der Waals surface area contributed by atoms with Crippen molar-refractivity contribution in [2.45, 2.75) is 18.9 Å². The van der Waals surface area contributed by atoms with Crippen LogP contribution < -0.4 is 15.4 Å². The van der Waals surface area contributed by atoms with Crippen LogP contribution in [0.15, 0.2) is 12.1 Å². The molecule has 1 fully saturated rings. The highest BCUT2D eigenvalue weighted by Crippen LogP contribution is 2.32. The van der Waals surface area contributed by atoms with Crippen LogP contribution in [0.1, 0.15) is 12.8 Å². The van der Waals surface area contributed by atoms with E-state index in [9.17, 15) is 4.39 Å². The van der Waals surface area contributed by atoms with Gasteiger partial charge in [0.2, 0.25) is 0 Å². The number of hydrogen-bond acceptors (Lipinski definition) is 4. The summed E-state index contributed by atoms with van der Waals surface area (Å²) in [5.74, 6) is 0.212. The number of anilines is 2. The number of benzene rings is 1. The van der Waals surface area contributed by atoms with E-state index in [1.165, 1.54) is 13.2 Å². The van der Waals surface area contributed by atoms with E-state index < -0.39 is 0 Å². The fourth-order valence-corrected chi connectivity index (χ4v) is 2.31. The molecule has 1 saturated heterocycles. The van der Waals surface area contributed by atoms with E-state index in [0.717, 1.165) is 25.9 Å². The van der Waals surface area contributed by atoms with E-state index in [0.29, 0.717) is 17.1 Å². The third kappa shape index (κ3) is 2.51. The molecule has 0 amide bonds. The maximum absolute atomic E-state index is 13.9. The predicted octanol–water partition coefficient (Wildman–Crippen LogP) is 2.03. The van der Waals surface area contributed by atoms with E-state index in [2.05, 4.69) is 0 Å². The van der Waals surface area contributed by atoms with Crippen molar-refractivity contribution in [1.29, 1.82) is 0 Å². The summed E-state index contributed by atoms with van der Waals surface area (Å²) < 4.78 is 24.4. The van der Waals surface area contributed by atoms with Crippen molar-refractivity contribution >= 4 is 11.4 Å². The Balaban J connectivity index is 2.18. The zero-order chi connectivity index (χ0) is 13.1. The van der Waals surface area contributed by atoms with Crippen molar-refractivity contribution in [1.82, 2.24) is 0 Å². The van der Waals surface area contributed by atoms with E-state index in [1.54, 1.807) is 13.2 Å². The number of nitrogens with two attached hydrogens (primary N) is 1. The molecule has 0 aliphatic carbocycles. The Hall–Kier alpha value is -1.49. The molecule has 4 nitrogen and oxygen atoms in total. The Morgan fingerprint density at radius 3 is 2.50 bits per heavy atom. The van der Waals surface area contributed by atoms with Crippen LogP contribution in [-0.2, 0) is 4.74 Å². The minimum atomic E-state index is -0.302. The van der Waals surface area contributed by atoms with E-state index in [-0.39, 0.29) is 11.9 Å². The van der Waals surface area contributed by atoms with Gasteiger partial charge in [0.15, 0.2) is 0 Å². The topological polar surface area (TPSA) is 47.7 Å². The fraction of sp³-hybridized carbons (Fsp3) is 0.538. The Morgan fingerprint density at radius 2 is 1.94 bits per heavy atom. The number of ether oxygens (including phenoxy) is 2. The lowest BCUT2D eigenvalue weighted by Gasteiger charge is -2.33. The molecule has 1 heterocycles. The van der Waals surface area contributed by atoms with E-state index in [1.807, 2.05) is 4.90 Å². The highest BCUT2D eigenvalue weighted by atomic mass is 19.1. The van der Waals surface area contributed by atoms with Crippen molar-refractivity contribution in [2.75, 3.05) is 37.9 Å².